The van der Waals surface area contributed by atoms with Crippen molar-refractivity contribution in [3.05, 3.63) is 54.6 Å². The van der Waals surface area contributed by atoms with E-state index in [2.05, 4.69) is 84.4 Å². The van der Waals surface area contributed by atoms with Crippen LogP contribution in [0.25, 0.3) is 0 Å². The molecule has 0 saturated heterocycles. The van der Waals surface area contributed by atoms with Crippen molar-refractivity contribution in [2.24, 2.45) is 0 Å². The maximum absolute atomic E-state index is 3.75. The second-order valence-electron chi connectivity index (χ2n) is 3.56. The fourth-order valence-corrected chi connectivity index (χ4v) is 4.92. The summed E-state index contributed by atoms with van der Waals surface area (Å²) in [6.45, 7) is 2.11. The Bertz CT molecular complexity index is 484. The lowest BCUT2D eigenvalue weighted by Crippen LogP contribution is -1.91. The van der Waals surface area contributed by atoms with E-state index in [1.54, 1.807) is 11.3 Å². The van der Waals surface area contributed by atoms with Crippen LogP contribution in [0.1, 0.15) is 20.8 Å². The smallest absolute Gasteiger partial charge is 0.0749 e. The molecule has 1 aromatic heterocycles. The summed E-state index contributed by atoms with van der Waals surface area (Å²) in [5, 5.41) is 2.10. The van der Waals surface area contributed by atoms with E-state index in [-0.39, 0.29) is 4.83 Å². The highest BCUT2D eigenvalue weighted by atomic mass is 79.9. The molecule has 0 amide bonds. The van der Waals surface area contributed by atoms with Crippen molar-refractivity contribution in [3.63, 3.8) is 0 Å². The second-order valence-corrected chi connectivity index (χ2v) is 7.19. The molecule has 0 aliphatic carbocycles. The third kappa shape index (κ3) is 2.78. The lowest BCUT2D eigenvalue weighted by molar-refractivity contribution is 1.19. The summed E-state index contributed by atoms with van der Waals surface area (Å²) in [5.41, 5.74) is 2.54. The van der Waals surface area contributed by atoms with Gasteiger partial charge in [-0.15, -0.1) is 11.3 Å². The van der Waals surface area contributed by atoms with Crippen LogP contribution in [0.5, 0.6) is 0 Å². The monoisotopic (exact) mass is 422 g/mol. The predicted octanol–water partition coefficient (Wildman–Crippen LogP) is 6.07. The Balaban J connectivity index is 2.41. The van der Waals surface area contributed by atoms with E-state index >= 15 is 0 Å². The van der Waals surface area contributed by atoms with Gasteiger partial charge in [-0.25, -0.2) is 0 Å². The summed E-state index contributed by atoms with van der Waals surface area (Å²) in [7, 11) is 0. The Hall–Kier alpha value is 0.360. The molecule has 84 valence electrons. The van der Waals surface area contributed by atoms with Gasteiger partial charge in [-0.1, -0.05) is 37.9 Å². The minimum absolute atomic E-state index is 0.248. The number of halogens is 3. The number of alkyl halides is 1. The maximum atomic E-state index is 3.75. The molecular formula is C12H9Br3S. The molecule has 1 aromatic carbocycles. The van der Waals surface area contributed by atoms with Gasteiger partial charge in [-0.2, -0.15) is 0 Å². The molecule has 0 aliphatic rings. The van der Waals surface area contributed by atoms with E-state index < -0.39 is 0 Å². The zero-order chi connectivity index (χ0) is 11.7. The van der Waals surface area contributed by atoms with Crippen molar-refractivity contribution in [2.45, 2.75) is 11.8 Å². The third-order valence-corrected chi connectivity index (χ3v) is 5.92. The maximum Gasteiger partial charge on any atom is 0.0749 e. The Morgan fingerprint density at radius 1 is 1.19 bits per heavy atom. The van der Waals surface area contributed by atoms with Gasteiger partial charge in [0.2, 0.25) is 0 Å². The van der Waals surface area contributed by atoms with Crippen LogP contribution in [0.2, 0.25) is 0 Å². The van der Waals surface area contributed by atoms with Gasteiger partial charge in [0.15, 0.2) is 0 Å². The molecule has 0 fully saturated rings. The highest BCUT2D eigenvalue weighted by Gasteiger charge is 2.15. The van der Waals surface area contributed by atoms with Crippen molar-refractivity contribution in [3.8, 4) is 0 Å². The first-order valence-electron chi connectivity index (χ1n) is 4.72. The molecule has 1 heterocycles. The summed E-state index contributed by atoms with van der Waals surface area (Å²) in [6.07, 6.45) is 0. The minimum atomic E-state index is 0.248. The van der Waals surface area contributed by atoms with E-state index in [1.807, 2.05) is 0 Å². The molecule has 4 heteroatoms. The van der Waals surface area contributed by atoms with Crippen molar-refractivity contribution >= 4 is 59.1 Å². The number of benzene rings is 1. The Morgan fingerprint density at radius 2 is 1.94 bits per heavy atom. The number of aryl methyl sites for hydroxylation is 1. The molecular weight excluding hydrogens is 416 g/mol. The molecule has 1 atom stereocenters. The topological polar surface area (TPSA) is 0 Å². The molecule has 0 N–H and O–H groups in total. The largest absolute Gasteiger partial charge is 0.146 e. The summed E-state index contributed by atoms with van der Waals surface area (Å²) in [4.78, 5) is 1.55. The van der Waals surface area contributed by atoms with Crippen molar-refractivity contribution < 1.29 is 0 Å². The average molecular weight is 425 g/mol. The van der Waals surface area contributed by atoms with Gasteiger partial charge >= 0.3 is 0 Å². The SMILES string of the molecule is Cc1cc(Br)cc(C(Br)c2sccc2Br)c1. The third-order valence-electron chi connectivity index (χ3n) is 2.23. The first kappa shape index (κ1) is 12.8. The van der Waals surface area contributed by atoms with Crippen LogP contribution in [0, 0.1) is 6.92 Å². The number of hydrogen-bond donors (Lipinski definition) is 0. The second kappa shape index (κ2) is 5.34. The van der Waals surface area contributed by atoms with Crippen molar-refractivity contribution in [1.82, 2.24) is 0 Å². The quantitative estimate of drug-likeness (QED) is 0.513. The standard InChI is InChI=1S/C12H9Br3S/c1-7-4-8(6-9(13)5-7)11(15)12-10(14)2-3-16-12/h2-6,11H,1H3. The fourth-order valence-electron chi connectivity index (χ4n) is 1.55. The molecule has 0 radical (unpaired) electrons. The van der Waals surface area contributed by atoms with Gasteiger partial charge in [0.1, 0.15) is 0 Å². The summed E-state index contributed by atoms with van der Waals surface area (Å²) in [5.74, 6) is 0. The van der Waals surface area contributed by atoms with Crippen molar-refractivity contribution in [2.75, 3.05) is 0 Å². The van der Waals surface area contributed by atoms with Crippen LogP contribution < -0.4 is 0 Å². The molecule has 2 rings (SSSR count). The number of thiophene rings is 1. The van der Waals surface area contributed by atoms with E-state index in [1.165, 1.54) is 16.0 Å². The summed E-state index contributed by atoms with van der Waals surface area (Å²) < 4.78 is 2.29. The average Bonchev–Trinajstić information content (AvgIpc) is 2.62. The molecule has 0 aliphatic heterocycles. The summed E-state index contributed by atoms with van der Waals surface area (Å²) in [6, 6.07) is 8.56. The first-order chi connectivity index (χ1) is 7.58. The first-order valence-corrected chi connectivity index (χ1v) is 8.10. The van der Waals surface area contributed by atoms with E-state index in [0.717, 1.165) is 8.95 Å². The number of rotatable bonds is 2. The Morgan fingerprint density at radius 3 is 2.50 bits per heavy atom. The van der Waals surface area contributed by atoms with Crippen LogP contribution in [0.3, 0.4) is 0 Å². The molecule has 0 bridgehead atoms. The molecule has 0 saturated carbocycles. The highest BCUT2D eigenvalue weighted by Crippen LogP contribution is 2.39. The van der Waals surface area contributed by atoms with Crippen LogP contribution >= 0.6 is 59.1 Å². The molecule has 0 spiro atoms. The highest BCUT2D eigenvalue weighted by molar-refractivity contribution is 9.11. The van der Waals surface area contributed by atoms with Crippen LogP contribution in [-0.2, 0) is 0 Å². The molecule has 2 aromatic rings. The van der Waals surface area contributed by atoms with Crippen molar-refractivity contribution in [1.29, 1.82) is 0 Å². The predicted molar refractivity (Wildman–Crippen MR) is 81.7 cm³/mol. The molecule has 0 nitrogen and oxygen atoms in total. The lowest BCUT2D eigenvalue weighted by atomic mass is 10.1. The lowest BCUT2D eigenvalue weighted by Gasteiger charge is -2.10. The molecule has 16 heavy (non-hydrogen) atoms. The van der Waals surface area contributed by atoms with Gasteiger partial charge in [0, 0.05) is 13.8 Å². The van der Waals surface area contributed by atoms with E-state index in [4.69, 9.17) is 0 Å². The van der Waals surface area contributed by atoms with Crippen LogP contribution in [0.15, 0.2) is 38.6 Å². The number of hydrogen-bond acceptors (Lipinski definition) is 1. The van der Waals surface area contributed by atoms with E-state index in [9.17, 15) is 0 Å². The van der Waals surface area contributed by atoms with E-state index in [0.29, 0.717) is 0 Å². The van der Waals surface area contributed by atoms with Gasteiger partial charge < -0.3 is 0 Å². The minimum Gasteiger partial charge on any atom is -0.146 e. The zero-order valence-corrected chi connectivity index (χ0v) is 14.1. The van der Waals surface area contributed by atoms with Gasteiger partial charge in [-0.05, 0) is 57.6 Å². The Labute approximate surface area is 124 Å². The van der Waals surface area contributed by atoms with Gasteiger partial charge in [0.05, 0.1) is 4.83 Å². The fraction of sp³-hybridized carbons (Fsp3) is 0.167. The van der Waals surface area contributed by atoms with Gasteiger partial charge in [-0.3, -0.25) is 0 Å². The Kier molecular flexibility index (Phi) is 4.27. The summed E-state index contributed by atoms with van der Waals surface area (Å²) >= 11 is 12.6. The van der Waals surface area contributed by atoms with Gasteiger partial charge in [0.25, 0.3) is 0 Å². The normalized spacial score (nSPS) is 12.8. The zero-order valence-electron chi connectivity index (χ0n) is 8.51. The van der Waals surface area contributed by atoms with Crippen LogP contribution in [0.4, 0.5) is 0 Å². The molecule has 1 unspecified atom stereocenters. The van der Waals surface area contributed by atoms with Crippen LogP contribution in [-0.4, -0.2) is 0 Å².